The molecule has 0 aliphatic carbocycles. The third kappa shape index (κ3) is 4.26. The molecule has 0 fully saturated rings. The molecule has 17 heavy (non-hydrogen) atoms. The van der Waals surface area contributed by atoms with Gasteiger partial charge in [0, 0.05) is 25.4 Å². The number of aryl methyl sites for hydroxylation is 1. The number of esters is 1. The SMILES string of the molecule is CCOC(=O)CCN(C)c1cc(C)nc(N)n1. The molecule has 1 heterocycles. The number of nitrogens with two attached hydrogens (primary N) is 1. The molecule has 0 amide bonds. The summed E-state index contributed by atoms with van der Waals surface area (Å²) in [5, 5.41) is 0. The van der Waals surface area contributed by atoms with Crippen molar-refractivity contribution in [3.63, 3.8) is 0 Å². The van der Waals surface area contributed by atoms with Gasteiger partial charge in [-0.1, -0.05) is 0 Å². The Morgan fingerprint density at radius 1 is 1.53 bits per heavy atom. The Morgan fingerprint density at radius 3 is 2.82 bits per heavy atom. The van der Waals surface area contributed by atoms with Crippen molar-refractivity contribution in [2.24, 2.45) is 0 Å². The van der Waals surface area contributed by atoms with Gasteiger partial charge in [0.15, 0.2) is 0 Å². The number of ether oxygens (including phenoxy) is 1. The lowest BCUT2D eigenvalue weighted by atomic mass is 10.3. The van der Waals surface area contributed by atoms with Gasteiger partial charge < -0.3 is 15.4 Å². The van der Waals surface area contributed by atoms with Crippen molar-refractivity contribution in [3.05, 3.63) is 11.8 Å². The number of rotatable bonds is 5. The second-order valence-corrected chi connectivity index (χ2v) is 3.70. The third-order valence-electron chi connectivity index (χ3n) is 2.21. The van der Waals surface area contributed by atoms with Crippen molar-refractivity contribution in [3.8, 4) is 0 Å². The van der Waals surface area contributed by atoms with E-state index in [1.54, 1.807) is 6.92 Å². The van der Waals surface area contributed by atoms with E-state index < -0.39 is 0 Å². The molecule has 0 unspecified atom stereocenters. The highest BCUT2D eigenvalue weighted by Gasteiger charge is 2.08. The van der Waals surface area contributed by atoms with E-state index in [0.717, 1.165) is 5.69 Å². The third-order valence-corrected chi connectivity index (χ3v) is 2.21. The fraction of sp³-hybridized carbons (Fsp3) is 0.545. The molecule has 6 nitrogen and oxygen atoms in total. The summed E-state index contributed by atoms with van der Waals surface area (Å²) in [6, 6.07) is 1.82. The normalized spacial score (nSPS) is 10.1. The Morgan fingerprint density at radius 2 is 2.24 bits per heavy atom. The minimum atomic E-state index is -0.210. The fourth-order valence-electron chi connectivity index (χ4n) is 1.38. The smallest absolute Gasteiger partial charge is 0.307 e. The number of aromatic nitrogens is 2. The van der Waals surface area contributed by atoms with E-state index in [1.807, 2.05) is 24.9 Å². The molecule has 0 spiro atoms. The first-order chi connectivity index (χ1) is 8.02. The maximum atomic E-state index is 11.2. The number of carbonyl (C=O) groups is 1. The highest BCUT2D eigenvalue weighted by molar-refractivity contribution is 5.70. The average Bonchev–Trinajstić information content (AvgIpc) is 2.25. The molecule has 0 aliphatic rings. The lowest BCUT2D eigenvalue weighted by molar-refractivity contribution is -0.142. The van der Waals surface area contributed by atoms with Crippen LogP contribution in [0.3, 0.4) is 0 Å². The van der Waals surface area contributed by atoms with Crippen LogP contribution >= 0.6 is 0 Å². The molecular formula is C11H18N4O2. The number of hydrogen-bond acceptors (Lipinski definition) is 6. The van der Waals surface area contributed by atoms with Gasteiger partial charge in [0.1, 0.15) is 5.82 Å². The van der Waals surface area contributed by atoms with E-state index in [4.69, 9.17) is 10.5 Å². The summed E-state index contributed by atoms with van der Waals surface area (Å²) in [5.74, 6) is 0.736. The quantitative estimate of drug-likeness (QED) is 0.762. The molecule has 1 rings (SSSR count). The first-order valence-corrected chi connectivity index (χ1v) is 5.51. The van der Waals surface area contributed by atoms with Crippen LogP contribution < -0.4 is 10.6 Å². The maximum Gasteiger partial charge on any atom is 0.307 e. The minimum Gasteiger partial charge on any atom is -0.466 e. The molecule has 1 aromatic heterocycles. The Balaban J connectivity index is 2.57. The summed E-state index contributed by atoms with van der Waals surface area (Å²) in [4.78, 5) is 21.1. The van der Waals surface area contributed by atoms with Gasteiger partial charge in [-0.3, -0.25) is 4.79 Å². The molecule has 0 saturated heterocycles. The van der Waals surface area contributed by atoms with Crippen LogP contribution in [0.15, 0.2) is 6.07 Å². The summed E-state index contributed by atoms with van der Waals surface area (Å²) < 4.78 is 4.85. The molecule has 0 bridgehead atoms. The van der Waals surface area contributed by atoms with Gasteiger partial charge in [-0.05, 0) is 13.8 Å². The molecule has 0 aromatic carbocycles. The van der Waals surface area contributed by atoms with Crippen LogP contribution in [0.4, 0.5) is 11.8 Å². The van der Waals surface area contributed by atoms with Gasteiger partial charge in [-0.2, -0.15) is 4.98 Å². The molecule has 0 radical (unpaired) electrons. The summed E-state index contributed by atoms with van der Waals surface area (Å²) in [7, 11) is 1.85. The highest BCUT2D eigenvalue weighted by atomic mass is 16.5. The lowest BCUT2D eigenvalue weighted by Crippen LogP contribution is -2.23. The van der Waals surface area contributed by atoms with Crippen LogP contribution in [-0.2, 0) is 9.53 Å². The Bertz CT molecular complexity index is 375. The molecule has 2 N–H and O–H groups in total. The number of anilines is 2. The molecule has 1 aromatic rings. The molecule has 0 saturated carbocycles. The van der Waals surface area contributed by atoms with Gasteiger partial charge in [0.2, 0.25) is 5.95 Å². The monoisotopic (exact) mass is 238 g/mol. The van der Waals surface area contributed by atoms with Gasteiger partial charge in [-0.15, -0.1) is 0 Å². The topological polar surface area (TPSA) is 81.3 Å². The zero-order chi connectivity index (χ0) is 12.8. The highest BCUT2D eigenvalue weighted by Crippen LogP contribution is 2.11. The Labute approximate surface area is 101 Å². The van der Waals surface area contributed by atoms with E-state index in [1.165, 1.54) is 0 Å². The second-order valence-electron chi connectivity index (χ2n) is 3.70. The molecular weight excluding hydrogens is 220 g/mol. The number of carbonyl (C=O) groups excluding carboxylic acids is 1. The van der Waals surface area contributed by atoms with Gasteiger partial charge >= 0.3 is 5.97 Å². The van der Waals surface area contributed by atoms with Crippen molar-refractivity contribution in [2.45, 2.75) is 20.3 Å². The summed E-state index contributed by atoms with van der Waals surface area (Å²) in [6.07, 6.45) is 0.327. The fourth-order valence-corrected chi connectivity index (χ4v) is 1.38. The van der Waals surface area contributed by atoms with Crippen LogP contribution in [0.5, 0.6) is 0 Å². The van der Waals surface area contributed by atoms with Crippen molar-refractivity contribution in [2.75, 3.05) is 30.8 Å². The van der Waals surface area contributed by atoms with E-state index in [9.17, 15) is 4.79 Å². The van der Waals surface area contributed by atoms with Crippen LogP contribution in [0, 0.1) is 6.92 Å². The first kappa shape index (κ1) is 13.2. The zero-order valence-corrected chi connectivity index (χ0v) is 10.4. The molecule has 6 heteroatoms. The van der Waals surface area contributed by atoms with E-state index in [-0.39, 0.29) is 11.9 Å². The van der Waals surface area contributed by atoms with Crippen LogP contribution in [-0.4, -0.2) is 36.1 Å². The predicted octanol–water partition coefficient (Wildman–Crippen LogP) is 0.757. The van der Waals surface area contributed by atoms with Crippen molar-refractivity contribution in [1.82, 2.24) is 9.97 Å². The van der Waals surface area contributed by atoms with Crippen molar-refractivity contribution in [1.29, 1.82) is 0 Å². The van der Waals surface area contributed by atoms with Gasteiger partial charge in [-0.25, -0.2) is 4.98 Å². The first-order valence-electron chi connectivity index (χ1n) is 5.51. The Hall–Kier alpha value is -1.85. The molecule has 0 atom stereocenters. The number of nitrogen functional groups attached to an aromatic ring is 1. The van der Waals surface area contributed by atoms with Gasteiger partial charge in [0.05, 0.1) is 13.0 Å². The lowest BCUT2D eigenvalue weighted by Gasteiger charge is -2.17. The van der Waals surface area contributed by atoms with Crippen LogP contribution in [0.2, 0.25) is 0 Å². The van der Waals surface area contributed by atoms with Crippen molar-refractivity contribution >= 4 is 17.7 Å². The second kappa shape index (κ2) is 6.03. The standard InChI is InChI=1S/C11H18N4O2/c1-4-17-10(16)5-6-15(3)9-7-8(2)13-11(12)14-9/h7H,4-6H2,1-3H3,(H2,12,13,14). The van der Waals surface area contributed by atoms with Crippen LogP contribution in [0.1, 0.15) is 19.0 Å². The van der Waals surface area contributed by atoms with E-state index >= 15 is 0 Å². The minimum absolute atomic E-state index is 0.210. The predicted molar refractivity (Wildman–Crippen MR) is 65.7 cm³/mol. The summed E-state index contributed by atoms with van der Waals surface area (Å²) in [6.45, 7) is 4.58. The zero-order valence-electron chi connectivity index (χ0n) is 10.4. The van der Waals surface area contributed by atoms with Crippen molar-refractivity contribution < 1.29 is 9.53 Å². The summed E-state index contributed by atoms with van der Waals surface area (Å²) >= 11 is 0. The number of nitrogens with zero attached hydrogens (tertiary/aromatic N) is 3. The van der Waals surface area contributed by atoms with E-state index in [0.29, 0.717) is 25.4 Å². The molecule has 0 aliphatic heterocycles. The van der Waals surface area contributed by atoms with Gasteiger partial charge in [0.25, 0.3) is 0 Å². The molecule has 94 valence electrons. The summed E-state index contributed by atoms with van der Waals surface area (Å²) in [5.41, 5.74) is 6.36. The van der Waals surface area contributed by atoms with E-state index in [2.05, 4.69) is 9.97 Å². The maximum absolute atomic E-state index is 11.2. The number of hydrogen-bond donors (Lipinski definition) is 1. The van der Waals surface area contributed by atoms with Crippen LogP contribution in [0.25, 0.3) is 0 Å². The average molecular weight is 238 g/mol. The largest absolute Gasteiger partial charge is 0.466 e. The Kier molecular flexibility index (Phi) is 4.68.